The summed E-state index contributed by atoms with van der Waals surface area (Å²) in [5.74, 6) is -0.590. The Labute approximate surface area is 129 Å². The third kappa shape index (κ3) is 3.63. The number of hydrogen-bond donors (Lipinski definition) is 1. The summed E-state index contributed by atoms with van der Waals surface area (Å²) in [6.45, 7) is 0.363. The van der Waals surface area contributed by atoms with E-state index in [0.717, 1.165) is 5.56 Å². The number of benzene rings is 2. The maximum Gasteiger partial charge on any atom is 0.406 e. The van der Waals surface area contributed by atoms with Crippen LogP contribution < -0.4 is 4.74 Å². The molecule has 0 atom stereocenters. The molecule has 0 unspecified atom stereocenters. The molecular formula is C17H18NO4+. The Morgan fingerprint density at radius 1 is 1.09 bits per heavy atom. The van der Waals surface area contributed by atoms with Gasteiger partial charge in [0.2, 0.25) is 0 Å². The molecule has 0 amide bonds. The Hall–Kier alpha value is -2.82. The van der Waals surface area contributed by atoms with Gasteiger partial charge in [-0.05, 0) is 22.4 Å². The Kier molecular flexibility index (Phi) is 5.14. The molecule has 0 spiro atoms. The molecular weight excluding hydrogens is 282 g/mol. The first-order valence-corrected chi connectivity index (χ1v) is 6.77. The van der Waals surface area contributed by atoms with Gasteiger partial charge in [-0.2, -0.15) is 0 Å². The molecule has 0 bridgehead atoms. The van der Waals surface area contributed by atoms with E-state index in [1.807, 2.05) is 30.3 Å². The van der Waals surface area contributed by atoms with E-state index in [0.29, 0.717) is 17.9 Å². The number of nitrogens with zero attached hydrogens (tertiary/aromatic N) is 1. The summed E-state index contributed by atoms with van der Waals surface area (Å²) >= 11 is 0. The molecule has 22 heavy (non-hydrogen) atoms. The monoisotopic (exact) mass is 300 g/mol. The average molecular weight is 300 g/mol. The molecule has 0 saturated carbocycles. The van der Waals surface area contributed by atoms with Gasteiger partial charge in [0.1, 0.15) is 25.0 Å². The van der Waals surface area contributed by atoms with Crippen LogP contribution in [0, 0.1) is 0 Å². The molecule has 2 aromatic rings. The van der Waals surface area contributed by atoms with Gasteiger partial charge in [0, 0.05) is 0 Å². The van der Waals surface area contributed by atoms with Crippen LogP contribution in [-0.2, 0) is 16.2 Å². The lowest BCUT2D eigenvalue weighted by molar-refractivity contribution is -0.759. The Bertz CT molecular complexity index is 680. The van der Waals surface area contributed by atoms with E-state index in [9.17, 15) is 9.90 Å². The van der Waals surface area contributed by atoms with E-state index >= 15 is 0 Å². The van der Waals surface area contributed by atoms with E-state index in [2.05, 4.69) is 0 Å². The predicted octanol–water partition coefficient (Wildman–Crippen LogP) is 2.34. The van der Waals surface area contributed by atoms with Gasteiger partial charge in [-0.3, -0.25) is 4.84 Å². The molecule has 0 aliphatic heterocycles. The standard InChI is InChI=1S/C17H17NO4/c1-18(21-2)16(17(19)20)14-10-6-7-11-15(14)22-12-13-8-4-3-5-9-13/h3-11H,12H2,1-2H3/p+1. The van der Waals surface area contributed by atoms with Crippen molar-refractivity contribution in [3.63, 3.8) is 0 Å². The highest BCUT2D eigenvalue weighted by Gasteiger charge is 2.27. The van der Waals surface area contributed by atoms with Crippen molar-refractivity contribution in [2.75, 3.05) is 14.2 Å². The lowest BCUT2D eigenvalue weighted by atomic mass is 10.1. The predicted molar refractivity (Wildman–Crippen MR) is 82.2 cm³/mol. The number of rotatable bonds is 6. The quantitative estimate of drug-likeness (QED) is 0.505. The normalized spacial score (nSPS) is 11.5. The zero-order valence-corrected chi connectivity index (χ0v) is 12.5. The third-order valence-electron chi connectivity index (χ3n) is 3.17. The summed E-state index contributed by atoms with van der Waals surface area (Å²) in [5, 5.41) is 9.42. The second-order valence-electron chi connectivity index (χ2n) is 4.60. The summed E-state index contributed by atoms with van der Waals surface area (Å²) in [5.41, 5.74) is 1.50. The zero-order valence-electron chi connectivity index (χ0n) is 12.5. The number of carbonyl (C=O) groups is 1. The van der Waals surface area contributed by atoms with Crippen LogP contribution in [-0.4, -0.2) is 35.7 Å². The molecule has 5 heteroatoms. The third-order valence-corrected chi connectivity index (χ3v) is 3.17. The van der Waals surface area contributed by atoms with Crippen LogP contribution in [0.2, 0.25) is 0 Å². The van der Waals surface area contributed by atoms with Crippen molar-refractivity contribution in [1.29, 1.82) is 0 Å². The summed E-state index contributed by atoms with van der Waals surface area (Å²) in [6.07, 6.45) is 0. The second kappa shape index (κ2) is 7.26. The Morgan fingerprint density at radius 2 is 1.73 bits per heavy atom. The largest absolute Gasteiger partial charge is 0.488 e. The lowest BCUT2D eigenvalue weighted by Crippen LogP contribution is -2.26. The van der Waals surface area contributed by atoms with Crippen LogP contribution in [0.15, 0.2) is 54.6 Å². The number of ether oxygens (including phenoxy) is 1. The minimum Gasteiger partial charge on any atom is -0.488 e. The van der Waals surface area contributed by atoms with E-state index in [1.54, 1.807) is 24.3 Å². The van der Waals surface area contributed by atoms with Gasteiger partial charge in [0.25, 0.3) is 0 Å². The molecule has 2 aromatic carbocycles. The van der Waals surface area contributed by atoms with Gasteiger partial charge >= 0.3 is 11.7 Å². The number of para-hydroxylation sites is 1. The van der Waals surface area contributed by atoms with Gasteiger partial charge in [-0.25, -0.2) is 4.79 Å². The second-order valence-corrected chi connectivity index (χ2v) is 4.60. The van der Waals surface area contributed by atoms with Gasteiger partial charge in [-0.1, -0.05) is 42.5 Å². The molecule has 0 saturated heterocycles. The molecule has 0 heterocycles. The van der Waals surface area contributed by atoms with Crippen molar-refractivity contribution in [2.24, 2.45) is 0 Å². The zero-order chi connectivity index (χ0) is 15.9. The molecule has 5 nitrogen and oxygen atoms in total. The minimum absolute atomic E-state index is 0.0196. The number of carboxylic acid groups (broad SMARTS) is 1. The van der Waals surface area contributed by atoms with Crippen molar-refractivity contribution in [1.82, 2.24) is 0 Å². The summed E-state index contributed by atoms with van der Waals surface area (Å²) < 4.78 is 6.98. The van der Waals surface area contributed by atoms with Gasteiger partial charge in [0.05, 0.1) is 0 Å². The van der Waals surface area contributed by atoms with Crippen LogP contribution in [0.1, 0.15) is 11.1 Å². The first kappa shape index (κ1) is 15.6. The molecule has 0 aromatic heterocycles. The van der Waals surface area contributed by atoms with E-state index in [4.69, 9.17) is 9.57 Å². The molecule has 0 aliphatic carbocycles. The minimum atomic E-state index is -1.08. The van der Waals surface area contributed by atoms with Crippen LogP contribution in [0.25, 0.3) is 0 Å². The molecule has 1 N–H and O–H groups in total. The fourth-order valence-electron chi connectivity index (χ4n) is 2.03. The molecule has 114 valence electrons. The highest BCUT2D eigenvalue weighted by molar-refractivity contribution is 6.40. The SMILES string of the molecule is CO[N+](C)=C(C(=O)O)c1ccccc1OCc1ccccc1. The maximum atomic E-state index is 11.5. The number of hydrogen-bond acceptors (Lipinski definition) is 3. The molecule has 0 radical (unpaired) electrons. The highest BCUT2D eigenvalue weighted by atomic mass is 16.7. The van der Waals surface area contributed by atoms with Crippen LogP contribution in [0.4, 0.5) is 0 Å². The molecule has 0 aliphatic rings. The topological polar surface area (TPSA) is 58.8 Å². The Morgan fingerprint density at radius 3 is 2.36 bits per heavy atom. The van der Waals surface area contributed by atoms with Gasteiger partial charge < -0.3 is 9.84 Å². The van der Waals surface area contributed by atoms with E-state index < -0.39 is 5.97 Å². The average Bonchev–Trinajstić information content (AvgIpc) is 2.54. The maximum absolute atomic E-state index is 11.5. The number of hydroxylamine groups is 1. The first-order valence-electron chi connectivity index (χ1n) is 6.77. The van der Waals surface area contributed by atoms with E-state index in [-0.39, 0.29) is 5.71 Å². The first-order chi connectivity index (χ1) is 10.6. The number of carboxylic acids is 1. The summed E-state index contributed by atoms with van der Waals surface area (Å²) in [7, 11) is 2.95. The van der Waals surface area contributed by atoms with Crippen molar-refractivity contribution in [3.8, 4) is 5.75 Å². The highest BCUT2D eigenvalue weighted by Crippen LogP contribution is 2.20. The van der Waals surface area contributed by atoms with Crippen LogP contribution >= 0.6 is 0 Å². The van der Waals surface area contributed by atoms with Crippen molar-refractivity contribution in [2.45, 2.75) is 6.61 Å². The Balaban J connectivity index is 2.32. The van der Waals surface area contributed by atoms with E-state index in [1.165, 1.54) is 18.9 Å². The van der Waals surface area contributed by atoms with Crippen molar-refractivity contribution in [3.05, 3.63) is 65.7 Å². The summed E-state index contributed by atoms with van der Waals surface area (Å²) in [6, 6.07) is 16.7. The molecule has 0 fully saturated rings. The smallest absolute Gasteiger partial charge is 0.406 e. The van der Waals surface area contributed by atoms with Gasteiger partial charge in [-0.15, -0.1) is 0 Å². The fourth-order valence-corrected chi connectivity index (χ4v) is 2.03. The lowest BCUT2D eigenvalue weighted by Gasteiger charge is -2.10. The van der Waals surface area contributed by atoms with Crippen molar-refractivity contribution < 1.29 is 24.2 Å². The van der Waals surface area contributed by atoms with Crippen LogP contribution in [0.3, 0.4) is 0 Å². The van der Waals surface area contributed by atoms with Crippen LogP contribution in [0.5, 0.6) is 5.75 Å². The number of aliphatic carboxylic acids is 1. The fraction of sp³-hybridized carbons (Fsp3) is 0.176. The van der Waals surface area contributed by atoms with Gasteiger partial charge in [0.15, 0.2) is 7.05 Å². The van der Waals surface area contributed by atoms with Crippen molar-refractivity contribution >= 4 is 11.7 Å². The summed E-state index contributed by atoms with van der Waals surface area (Å²) in [4.78, 5) is 16.5. The molecule has 2 rings (SSSR count).